The van der Waals surface area contributed by atoms with Gasteiger partial charge in [0.1, 0.15) is 23.9 Å². The SMILES string of the molecule is COc1ccc(/C=C/C(=O)c2ccc(OC(F)F)c(OC)c2)cc1COc1ccc(F)c(Cl)c1. The van der Waals surface area contributed by atoms with Crippen molar-refractivity contribution >= 4 is 23.5 Å². The van der Waals surface area contributed by atoms with E-state index in [2.05, 4.69) is 4.74 Å². The van der Waals surface area contributed by atoms with Crippen molar-refractivity contribution in [2.45, 2.75) is 13.2 Å². The quantitative estimate of drug-likeness (QED) is 0.236. The van der Waals surface area contributed by atoms with Crippen LogP contribution >= 0.6 is 11.6 Å². The van der Waals surface area contributed by atoms with Crippen molar-refractivity contribution in [2.24, 2.45) is 0 Å². The van der Waals surface area contributed by atoms with E-state index in [1.165, 1.54) is 56.7 Å². The minimum Gasteiger partial charge on any atom is -0.496 e. The molecule has 0 aliphatic heterocycles. The van der Waals surface area contributed by atoms with Crippen LogP contribution in [0.2, 0.25) is 5.02 Å². The van der Waals surface area contributed by atoms with Crippen LogP contribution in [-0.4, -0.2) is 26.6 Å². The van der Waals surface area contributed by atoms with Crippen molar-refractivity contribution in [1.82, 2.24) is 0 Å². The summed E-state index contributed by atoms with van der Waals surface area (Å²) < 4.78 is 58.7. The fraction of sp³-hybridized carbons (Fsp3) is 0.160. The third-order valence-corrected chi connectivity index (χ3v) is 4.97. The molecule has 0 aromatic heterocycles. The number of hydrogen-bond donors (Lipinski definition) is 0. The van der Waals surface area contributed by atoms with Gasteiger partial charge in [0.15, 0.2) is 17.3 Å². The van der Waals surface area contributed by atoms with Crippen LogP contribution in [0.25, 0.3) is 6.08 Å². The van der Waals surface area contributed by atoms with Crippen molar-refractivity contribution in [3.8, 4) is 23.0 Å². The van der Waals surface area contributed by atoms with Gasteiger partial charge in [-0.15, -0.1) is 0 Å². The summed E-state index contributed by atoms with van der Waals surface area (Å²) in [5, 5.41) is -0.0508. The van der Waals surface area contributed by atoms with Crippen LogP contribution in [0.1, 0.15) is 21.5 Å². The first-order valence-electron chi connectivity index (χ1n) is 9.90. The monoisotopic (exact) mass is 492 g/mol. The van der Waals surface area contributed by atoms with Crippen LogP contribution in [-0.2, 0) is 6.61 Å². The van der Waals surface area contributed by atoms with Gasteiger partial charge in [-0.2, -0.15) is 8.78 Å². The van der Waals surface area contributed by atoms with Gasteiger partial charge in [0.25, 0.3) is 0 Å². The van der Waals surface area contributed by atoms with Gasteiger partial charge in [-0.3, -0.25) is 4.79 Å². The lowest BCUT2D eigenvalue weighted by Gasteiger charge is -2.12. The Kier molecular flexibility index (Phi) is 8.43. The molecule has 0 fully saturated rings. The molecule has 0 amide bonds. The fourth-order valence-corrected chi connectivity index (χ4v) is 3.20. The first-order chi connectivity index (χ1) is 16.3. The van der Waals surface area contributed by atoms with Crippen molar-refractivity contribution in [3.63, 3.8) is 0 Å². The largest absolute Gasteiger partial charge is 0.496 e. The van der Waals surface area contributed by atoms with Gasteiger partial charge >= 0.3 is 6.61 Å². The van der Waals surface area contributed by atoms with E-state index < -0.39 is 12.4 Å². The highest BCUT2D eigenvalue weighted by Gasteiger charge is 2.13. The zero-order valence-electron chi connectivity index (χ0n) is 18.2. The summed E-state index contributed by atoms with van der Waals surface area (Å²) in [4.78, 5) is 12.6. The second-order valence-electron chi connectivity index (χ2n) is 6.88. The molecule has 3 aromatic rings. The van der Waals surface area contributed by atoms with Crippen LogP contribution in [0.3, 0.4) is 0 Å². The highest BCUT2D eigenvalue weighted by Crippen LogP contribution is 2.30. The molecule has 3 aromatic carbocycles. The smallest absolute Gasteiger partial charge is 0.387 e. The maximum Gasteiger partial charge on any atom is 0.387 e. The zero-order chi connectivity index (χ0) is 24.7. The van der Waals surface area contributed by atoms with E-state index in [9.17, 15) is 18.0 Å². The zero-order valence-corrected chi connectivity index (χ0v) is 18.9. The molecule has 0 saturated carbocycles. The Bertz CT molecular complexity index is 1200. The second kappa shape index (κ2) is 11.5. The number of halogens is 4. The molecular formula is C25H20ClF3O5. The van der Waals surface area contributed by atoms with Gasteiger partial charge in [-0.1, -0.05) is 23.7 Å². The molecule has 0 N–H and O–H groups in total. The van der Waals surface area contributed by atoms with E-state index in [-0.39, 0.29) is 34.5 Å². The minimum absolute atomic E-state index is 0.0179. The number of alkyl halides is 2. The molecule has 0 aliphatic carbocycles. The van der Waals surface area contributed by atoms with Crippen LogP contribution < -0.4 is 18.9 Å². The third kappa shape index (κ3) is 6.45. The first-order valence-corrected chi connectivity index (χ1v) is 10.3. The number of ether oxygens (including phenoxy) is 4. The summed E-state index contributed by atoms with van der Waals surface area (Å²) in [5.74, 6) is -0.105. The molecule has 0 unspecified atom stereocenters. The Hall–Kier alpha value is -3.65. The maximum atomic E-state index is 13.3. The maximum absolute atomic E-state index is 13.3. The number of carbonyl (C=O) groups excluding carboxylic acids is 1. The number of rotatable bonds is 10. The Morgan fingerprint density at radius 2 is 1.71 bits per heavy atom. The highest BCUT2D eigenvalue weighted by molar-refractivity contribution is 6.30. The van der Waals surface area contributed by atoms with Crippen molar-refractivity contribution < 1.29 is 36.9 Å². The lowest BCUT2D eigenvalue weighted by Crippen LogP contribution is -2.04. The Morgan fingerprint density at radius 3 is 2.38 bits per heavy atom. The normalized spacial score (nSPS) is 11.0. The molecule has 0 heterocycles. The molecule has 0 bridgehead atoms. The average molecular weight is 493 g/mol. The summed E-state index contributed by atoms with van der Waals surface area (Å²) in [5.41, 5.74) is 1.61. The number of hydrogen-bond acceptors (Lipinski definition) is 5. The van der Waals surface area contributed by atoms with Gasteiger partial charge < -0.3 is 18.9 Å². The molecule has 0 spiro atoms. The van der Waals surface area contributed by atoms with Crippen LogP contribution in [0.15, 0.2) is 60.7 Å². The molecule has 9 heteroatoms. The number of carbonyl (C=O) groups is 1. The van der Waals surface area contributed by atoms with E-state index >= 15 is 0 Å². The van der Waals surface area contributed by atoms with Crippen molar-refractivity contribution in [3.05, 3.63) is 88.2 Å². The summed E-state index contributed by atoms with van der Waals surface area (Å²) in [6, 6.07) is 13.2. The summed E-state index contributed by atoms with van der Waals surface area (Å²) in [6.07, 6.45) is 2.94. The third-order valence-electron chi connectivity index (χ3n) is 4.68. The topological polar surface area (TPSA) is 54.0 Å². The summed E-state index contributed by atoms with van der Waals surface area (Å²) >= 11 is 5.78. The fourth-order valence-electron chi connectivity index (χ4n) is 3.03. The van der Waals surface area contributed by atoms with Gasteiger partial charge in [0.05, 0.1) is 19.2 Å². The number of ketones is 1. The van der Waals surface area contributed by atoms with E-state index in [0.717, 1.165) is 0 Å². The van der Waals surface area contributed by atoms with Crippen LogP contribution in [0.5, 0.6) is 23.0 Å². The van der Waals surface area contributed by atoms with Crippen LogP contribution in [0, 0.1) is 5.82 Å². The molecule has 3 rings (SSSR count). The van der Waals surface area contributed by atoms with Gasteiger partial charge in [-0.25, -0.2) is 4.39 Å². The summed E-state index contributed by atoms with van der Waals surface area (Å²) in [6.45, 7) is -2.90. The minimum atomic E-state index is -3.01. The molecule has 178 valence electrons. The van der Waals surface area contributed by atoms with E-state index in [1.807, 2.05) is 0 Å². The molecule has 34 heavy (non-hydrogen) atoms. The highest BCUT2D eigenvalue weighted by atomic mass is 35.5. The Labute approximate surface area is 199 Å². The average Bonchev–Trinajstić information content (AvgIpc) is 2.83. The predicted molar refractivity (Wildman–Crippen MR) is 122 cm³/mol. The van der Waals surface area contributed by atoms with Crippen molar-refractivity contribution in [2.75, 3.05) is 14.2 Å². The van der Waals surface area contributed by atoms with E-state index in [1.54, 1.807) is 24.3 Å². The van der Waals surface area contributed by atoms with Crippen LogP contribution in [0.4, 0.5) is 13.2 Å². The molecule has 0 radical (unpaired) electrons. The van der Waals surface area contributed by atoms with E-state index in [0.29, 0.717) is 22.6 Å². The Balaban J connectivity index is 1.75. The lowest BCUT2D eigenvalue weighted by molar-refractivity contribution is -0.0512. The van der Waals surface area contributed by atoms with Crippen molar-refractivity contribution in [1.29, 1.82) is 0 Å². The molecule has 5 nitrogen and oxygen atoms in total. The molecule has 0 atom stereocenters. The van der Waals surface area contributed by atoms with Gasteiger partial charge in [-0.05, 0) is 54.1 Å². The number of methoxy groups -OCH3 is 2. The molecule has 0 aliphatic rings. The summed E-state index contributed by atoms with van der Waals surface area (Å²) in [7, 11) is 2.81. The standard InChI is InChI=1S/C25H20ClF3O5/c1-31-22-9-4-15(11-17(22)14-33-18-6-7-20(27)19(26)13-18)3-8-21(30)16-5-10-23(34-25(28)29)24(12-16)32-2/h3-13,25H,14H2,1-2H3/b8-3+. The second-order valence-corrected chi connectivity index (χ2v) is 7.28. The molecule has 0 saturated heterocycles. The number of benzene rings is 3. The van der Waals surface area contributed by atoms with E-state index in [4.69, 9.17) is 25.8 Å². The molecular weight excluding hydrogens is 473 g/mol. The predicted octanol–water partition coefficient (Wildman–Crippen LogP) is 6.57. The van der Waals surface area contributed by atoms with Gasteiger partial charge in [0, 0.05) is 17.2 Å². The first kappa shape index (κ1) is 25.0. The van der Waals surface area contributed by atoms with Gasteiger partial charge in [0.2, 0.25) is 0 Å². The lowest BCUT2D eigenvalue weighted by atomic mass is 10.1. The Morgan fingerprint density at radius 1 is 0.971 bits per heavy atom. The number of allylic oxidation sites excluding steroid dienone is 1.